The number of nitro groups is 1. The second-order valence-corrected chi connectivity index (χ2v) is 15.0. The molecular weight excluding hydrogens is 692 g/mol. The molecule has 1 fully saturated rings. The third-order valence-corrected chi connectivity index (χ3v) is 11.2. The smallest absolute Gasteiger partial charge is 0.273 e. The summed E-state index contributed by atoms with van der Waals surface area (Å²) in [7, 11) is -3.32. The number of hydrogen-bond donors (Lipinski definition) is 1. The number of aryl methyl sites for hydroxylation is 2. The maximum atomic E-state index is 14.9. The lowest BCUT2D eigenvalue weighted by Gasteiger charge is -2.35. The topological polar surface area (TPSA) is 139 Å². The SMILES string of the molecule is COc1ccc(Cl)cc1N(CC(=O)N(Cc1ccccc1C)C(Cc1ccccc1)C(=O)NC1CCCC1)S(=O)(=O)c1ccc(C)c([N+](=O)[O-])c1. The molecule has 1 aliphatic carbocycles. The molecule has 0 saturated heterocycles. The number of nitrogens with one attached hydrogen (secondary N) is 1. The van der Waals surface area contributed by atoms with E-state index in [1.807, 2.05) is 61.5 Å². The molecule has 13 heteroatoms. The van der Waals surface area contributed by atoms with Gasteiger partial charge in [-0.05, 0) is 67.6 Å². The zero-order valence-electron chi connectivity index (χ0n) is 28.8. The Balaban J connectivity index is 1.64. The van der Waals surface area contributed by atoms with E-state index in [1.165, 1.54) is 49.3 Å². The maximum absolute atomic E-state index is 14.9. The summed E-state index contributed by atoms with van der Waals surface area (Å²) in [5.41, 5.74) is 2.31. The molecule has 0 bridgehead atoms. The van der Waals surface area contributed by atoms with Crippen molar-refractivity contribution in [3.8, 4) is 5.75 Å². The number of benzene rings is 4. The summed E-state index contributed by atoms with van der Waals surface area (Å²) in [5.74, 6) is -0.910. The molecule has 0 aliphatic heterocycles. The number of rotatable bonds is 14. The lowest BCUT2D eigenvalue weighted by molar-refractivity contribution is -0.385. The predicted octanol–water partition coefficient (Wildman–Crippen LogP) is 6.77. The number of anilines is 1. The molecule has 51 heavy (non-hydrogen) atoms. The second-order valence-electron chi connectivity index (χ2n) is 12.7. The predicted molar refractivity (Wildman–Crippen MR) is 196 cm³/mol. The summed E-state index contributed by atoms with van der Waals surface area (Å²) in [5, 5.41) is 15.2. The van der Waals surface area contributed by atoms with Crippen LogP contribution in [0.25, 0.3) is 0 Å². The van der Waals surface area contributed by atoms with E-state index < -0.39 is 44.0 Å². The minimum Gasteiger partial charge on any atom is -0.495 e. The van der Waals surface area contributed by atoms with Crippen molar-refractivity contribution in [3.05, 3.63) is 128 Å². The number of sulfonamides is 1. The van der Waals surface area contributed by atoms with Crippen LogP contribution >= 0.6 is 11.6 Å². The number of methoxy groups -OCH3 is 1. The van der Waals surface area contributed by atoms with Crippen LogP contribution in [0.3, 0.4) is 0 Å². The van der Waals surface area contributed by atoms with E-state index in [4.69, 9.17) is 16.3 Å². The van der Waals surface area contributed by atoms with Crippen molar-refractivity contribution in [1.82, 2.24) is 10.2 Å². The van der Waals surface area contributed by atoms with Crippen molar-refractivity contribution in [2.75, 3.05) is 18.0 Å². The van der Waals surface area contributed by atoms with Gasteiger partial charge in [0, 0.05) is 35.7 Å². The first kappa shape index (κ1) is 37.3. The van der Waals surface area contributed by atoms with Gasteiger partial charge in [-0.25, -0.2) is 8.42 Å². The van der Waals surface area contributed by atoms with Crippen LogP contribution in [0.15, 0.2) is 95.9 Å². The van der Waals surface area contributed by atoms with Crippen LogP contribution in [0.4, 0.5) is 11.4 Å². The molecule has 2 amide bonds. The normalized spacial score (nSPS) is 13.7. The number of nitro benzene ring substituents is 1. The molecule has 268 valence electrons. The van der Waals surface area contributed by atoms with Crippen molar-refractivity contribution in [3.63, 3.8) is 0 Å². The van der Waals surface area contributed by atoms with Gasteiger partial charge >= 0.3 is 0 Å². The minimum absolute atomic E-state index is 0.0116. The van der Waals surface area contributed by atoms with Crippen molar-refractivity contribution in [1.29, 1.82) is 0 Å². The van der Waals surface area contributed by atoms with Gasteiger partial charge in [-0.15, -0.1) is 0 Å². The zero-order chi connectivity index (χ0) is 36.7. The first-order chi connectivity index (χ1) is 24.4. The molecule has 4 aromatic rings. The summed E-state index contributed by atoms with van der Waals surface area (Å²) >= 11 is 6.37. The fraction of sp³-hybridized carbons (Fsp3) is 0.316. The fourth-order valence-electron chi connectivity index (χ4n) is 6.34. The van der Waals surface area contributed by atoms with E-state index in [1.54, 1.807) is 0 Å². The number of carbonyl (C=O) groups excluding carboxylic acids is 2. The van der Waals surface area contributed by atoms with Gasteiger partial charge in [0.1, 0.15) is 18.3 Å². The van der Waals surface area contributed by atoms with Crippen molar-refractivity contribution in [2.45, 2.75) is 69.5 Å². The number of carbonyl (C=O) groups is 2. The Hall–Kier alpha value is -4.94. The first-order valence-electron chi connectivity index (χ1n) is 16.7. The molecule has 0 spiro atoms. The summed E-state index contributed by atoms with van der Waals surface area (Å²) in [4.78, 5) is 41.3. The highest BCUT2D eigenvalue weighted by Crippen LogP contribution is 2.36. The van der Waals surface area contributed by atoms with Crippen molar-refractivity contribution < 1.29 is 27.7 Å². The van der Waals surface area contributed by atoms with Gasteiger partial charge in [-0.3, -0.25) is 24.0 Å². The van der Waals surface area contributed by atoms with Gasteiger partial charge in [-0.2, -0.15) is 0 Å². The molecule has 0 aromatic heterocycles. The molecule has 1 atom stereocenters. The quantitative estimate of drug-likeness (QED) is 0.112. The van der Waals surface area contributed by atoms with Gasteiger partial charge in [0.05, 0.1) is 22.6 Å². The lowest BCUT2D eigenvalue weighted by atomic mass is 10.0. The highest BCUT2D eigenvalue weighted by molar-refractivity contribution is 7.92. The van der Waals surface area contributed by atoms with E-state index in [0.717, 1.165) is 52.7 Å². The van der Waals surface area contributed by atoms with E-state index in [2.05, 4.69) is 5.32 Å². The fourth-order valence-corrected chi connectivity index (χ4v) is 7.94. The van der Waals surface area contributed by atoms with Crippen LogP contribution in [-0.2, 0) is 32.6 Å². The second kappa shape index (κ2) is 16.4. The molecule has 1 saturated carbocycles. The summed E-state index contributed by atoms with van der Waals surface area (Å²) in [6, 6.07) is 23.7. The van der Waals surface area contributed by atoms with Gasteiger partial charge in [0.2, 0.25) is 11.8 Å². The van der Waals surface area contributed by atoms with Crippen LogP contribution in [0.5, 0.6) is 5.75 Å². The number of halogens is 1. The van der Waals surface area contributed by atoms with E-state index in [0.29, 0.717) is 0 Å². The molecule has 0 heterocycles. The summed E-state index contributed by atoms with van der Waals surface area (Å²) in [6.07, 6.45) is 3.82. The molecule has 1 unspecified atom stereocenters. The zero-order valence-corrected chi connectivity index (χ0v) is 30.3. The van der Waals surface area contributed by atoms with E-state index in [-0.39, 0.29) is 46.9 Å². The Kier molecular flexibility index (Phi) is 12.0. The Morgan fingerprint density at radius 2 is 1.65 bits per heavy atom. The van der Waals surface area contributed by atoms with Gasteiger partial charge in [0.25, 0.3) is 15.7 Å². The van der Waals surface area contributed by atoms with E-state index >= 15 is 0 Å². The van der Waals surface area contributed by atoms with Gasteiger partial charge in [-0.1, -0.05) is 85.1 Å². The molecule has 1 N–H and O–H groups in total. The maximum Gasteiger partial charge on any atom is 0.273 e. The Morgan fingerprint density at radius 3 is 2.31 bits per heavy atom. The molecule has 0 radical (unpaired) electrons. The minimum atomic E-state index is -4.67. The molecular formula is C38H41ClN4O7S. The number of amides is 2. The average Bonchev–Trinajstić information content (AvgIpc) is 3.62. The van der Waals surface area contributed by atoms with Crippen molar-refractivity contribution >= 4 is 44.8 Å². The Bertz CT molecular complexity index is 2000. The number of nitrogens with zero attached hydrogens (tertiary/aromatic N) is 3. The van der Waals surface area contributed by atoms with Crippen LogP contribution < -0.4 is 14.4 Å². The molecule has 5 rings (SSSR count). The van der Waals surface area contributed by atoms with Crippen LogP contribution in [0.1, 0.15) is 47.9 Å². The molecule has 1 aliphatic rings. The Morgan fingerprint density at radius 1 is 0.961 bits per heavy atom. The lowest BCUT2D eigenvalue weighted by Crippen LogP contribution is -2.54. The number of ether oxygens (including phenoxy) is 1. The van der Waals surface area contributed by atoms with Gasteiger partial charge in [0.15, 0.2) is 0 Å². The largest absolute Gasteiger partial charge is 0.495 e. The third-order valence-electron chi connectivity index (χ3n) is 9.23. The van der Waals surface area contributed by atoms with E-state index in [9.17, 15) is 28.1 Å². The summed E-state index contributed by atoms with van der Waals surface area (Å²) < 4.78 is 35.5. The first-order valence-corrected chi connectivity index (χ1v) is 18.5. The average molecular weight is 733 g/mol. The molecule has 4 aromatic carbocycles. The standard InChI is InChI=1S/C38H41ClN4O7S/c1-26-11-7-8-14-29(26)24-41(35(21-28-12-5-4-6-13-28)38(45)40-31-15-9-10-16-31)37(44)25-42(34-22-30(39)18-20-36(34)50-3)51(48,49)32-19-17-27(2)33(23-32)43(46)47/h4-8,11-14,17-20,22-23,31,35H,9-10,15-16,21,24-25H2,1-3H3,(H,40,45). The highest BCUT2D eigenvalue weighted by atomic mass is 35.5. The van der Waals surface area contributed by atoms with Crippen LogP contribution in [0, 0.1) is 24.0 Å². The third kappa shape index (κ3) is 8.87. The monoisotopic (exact) mass is 732 g/mol. The highest BCUT2D eigenvalue weighted by Gasteiger charge is 2.37. The Labute approximate surface area is 303 Å². The summed E-state index contributed by atoms with van der Waals surface area (Å²) in [6.45, 7) is 2.65. The number of hydrogen-bond acceptors (Lipinski definition) is 7. The van der Waals surface area contributed by atoms with Gasteiger partial charge < -0.3 is 15.0 Å². The molecule has 11 nitrogen and oxygen atoms in total. The van der Waals surface area contributed by atoms with Crippen molar-refractivity contribution in [2.24, 2.45) is 0 Å². The van der Waals surface area contributed by atoms with Crippen LogP contribution in [-0.4, -0.2) is 55.8 Å². The van der Waals surface area contributed by atoms with Crippen LogP contribution in [0.2, 0.25) is 5.02 Å².